The van der Waals surface area contributed by atoms with Gasteiger partial charge in [-0.05, 0) is 36.4 Å². The zero-order valence-corrected chi connectivity index (χ0v) is 15.4. The number of furan rings is 1. The highest BCUT2D eigenvalue weighted by atomic mass is 32.1. The molecule has 0 aliphatic rings. The van der Waals surface area contributed by atoms with Crippen LogP contribution in [0.1, 0.15) is 22.2 Å². The molecule has 0 aliphatic heterocycles. The van der Waals surface area contributed by atoms with E-state index < -0.39 is 12.7 Å². The average molecular weight is 403 g/mol. The van der Waals surface area contributed by atoms with Gasteiger partial charge in [0.2, 0.25) is 5.78 Å². The number of rotatable bonds is 8. The van der Waals surface area contributed by atoms with Crippen LogP contribution < -0.4 is 14.6 Å². The smallest absolute Gasteiger partial charge is 0.387 e. The number of nitrogens with one attached hydrogen (secondary N) is 1. The highest BCUT2D eigenvalue weighted by molar-refractivity contribution is 7.80. The maximum absolute atomic E-state index is 13.1. The third-order valence-corrected chi connectivity index (χ3v) is 4.28. The van der Waals surface area contributed by atoms with E-state index in [9.17, 15) is 13.6 Å². The summed E-state index contributed by atoms with van der Waals surface area (Å²) in [4.78, 5) is 13.4. The fourth-order valence-corrected chi connectivity index (χ4v) is 2.92. The number of ether oxygens (including phenoxy) is 1. The second-order valence-electron chi connectivity index (χ2n) is 5.79. The summed E-state index contributed by atoms with van der Waals surface area (Å²) in [6, 6.07) is 13.7. The van der Waals surface area contributed by atoms with Crippen LogP contribution in [0.3, 0.4) is 0 Å². The molecule has 0 radical (unpaired) electrons. The van der Waals surface area contributed by atoms with E-state index in [0.717, 1.165) is 0 Å². The number of alkyl halides is 2. The number of nitrogens with zero attached hydrogens (tertiary/aromatic N) is 1. The molecule has 144 valence electrons. The van der Waals surface area contributed by atoms with Crippen molar-refractivity contribution in [3.63, 3.8) is 0 Å². The van der Waals surface area contributed by atoms with Crippen molar-refractivity contribution in [2.24, 2.45) is 0 Å². The molecule has 2 heterocycles. The van der Waals surface area contributed by atoms with Crippen molar-refractivity contribution < 1.29 is 27.3 Å². The SMILES string of the molecule is O=C(c1ccc(OC(F)F)cc1)[C@H](C(=S)NCc1ccco1)[n+]1ccccc1. The summed E-state index contributed by atoms with van der Waals surface area (Å²) in [5.74, 6) is 0.380. The molecule has 0 amide bonds. The molecule has 1 aromatic carbocycles. The summed E-state index contributed by atoms with van der Waals surface area (Å²) in [5.41, 5.74) is 0.324. The minimum Gasteiger partial charge on any atom is -0.467 e. The van der Waals surface area contributed by atoms with E-state index in [4.69, 9.17) is 16.6 Å². The molecule has 0 aliphatic carbocycles. The molecule has 1 atom stereocenters. The number of benzene rings is 1. The summed E-state index contributed by atoms with van der Waals surface area (Å²) < 4.78 is 35.9. The molecule has 5 nitrogen and oxygen atoms in total. The summed E-state index contributed by atoms with van der Waals surface area (Å²) in [6.45, 7) is -2.59. The zero-order valence-electron chi connectivity index (χ0n) is 14.6. The molecule has 2 aromatic heterocycles. The van der Waals surface area contributed by atoms with Crippen LogP contribution in [0, 0.1) is 0 Å². The Bertz CT molecular complexity index is 916. The number of Topliss-reactive ketones (excluding diaryl/α,β-unsaturated/α-hetero) is 1. The Balaban J connectivity index is 1.81. The molecule has 3 rings (SSSR count). The minimum atomic E-state index is -2.92. The van der Waals surface area contributed by atoms with Crippen molar-refractivity contribution in [2.75, 3.05) is 0 Å². The van der Waals surface area contributed by atoms with Crippen molar-refractivity contribution in [1.82, 2.24) is 5.32 Å². The highest BCUT2D eigenvalue weighted by Gasteiger charge is 2.33. The van der Waals surface area contributed by atoms with Gasteiger partial charge in [0.05, 0.1) is 12.8 Å². The Morgan fingerprint density at radius 3 is 2.43 bits per heavy atom. The molecule has 8 heteroatoms. The van der Waals surface area contributed by atoms with Gasteiger partial charge in [0.15, 0.2) is 17.4 Å². The predicted molar refractivity (Wildman–Crippen MR) is 101 cm³/mol. The van der Waals surface area contributed by atoms with Crippen molar-refractivity contribution in [3.05, 3.63) is 84.6 Å². The largest absolute Gasteiger partial charge is 0.467 e. The Kier molecular flexibility index (Phi) is 6.44. The van der Waals surface area contributed by atoms with E-state index in [1.165, 1.54) is 24.3 Å². The maximum Gasteiger partial charge on any atom is 0.387 e. The second kappa shape index (κ2) is 9.18. The standard InChI is InChI=1S/C20H16F2N2O3S/c21-20(22)27-15-8-6-14(7-9-15)18(25)17(24-10-2-1-3-11-24)19(28)23-13-16-5-4-12-26-16/h1-12,17,20H,13H2/p+1/t17-/m1/s1. The van der Waals surface area contributed by atoms with Crippen LogP contribution in [0.25, 0.3) is 0 Å². The van der Waals surface area contributed by atoms with Gasteiger partial charge in [-0.1, -0.05) is 18.3 Å². The lowest BCUT2D eigenvalue weighted by atomic mass is 10.0. The van der Waals surface area contributed by atoms with Gasteiger partial charge in [0, 0.05) is 17.7 Å². The van der Waals surface area contributed by atoms with E-state index >= 15 is 0 Å². The third-order valence-electron chi connectivity index (χ3n) is 3.91. The molecule has 0 saturated heterocycles. The highest BCUT2D eigenvalue weighted by Crippen LogP contribution is 2.18. The van der Waals surface area contributed by atoms with Crippen LogP contribution in [-0.2, 0) is 6.54 Å². The minimum absolute atomic E-state index is 0.0195. The Labute approximate surface area is 165 Å². The molecule has 3 aromatic rings. The van der Waals surface area contributed by atoms with E-state index in [1.807, 2.05) is 6.07 Å². The van der Waals surface area contributed by atoms with Crippen molar-refractivity contribution in [2.45, 2.75) is 19.2 Å². The van der Waals surface area contributed by atoms with Gasteiger partial charge in [-0.3, -0.25) is 4.79 Å². The monoisotopic (exact) mass is 403 g/mol. The van der Waals surface area contributed by atoms with E-state index in [0.29, 0.717) is 22.9 Å². The number of hydrogen-bond acceptors (Lipinski definition) is 4. The summed E-state index contributed by atoms with van der Waals surface area (Å²) in [5, 5.41) is 3.04. The first-order valence-corrected chi connectivity index (χ1v) is 8.80. The lowest BCUT2D eigenvalue weighted by molar-refractivity contribution is -0.692. The quantitative estimate of drug-likeness (QED) is 0.353. The number of pyridine rings is 1. The van der Waals surface area contributed by atoms with Gasteiger partial charge in [-0.15, -0.1) is 0 Å². The van der Waals surface area contributed by atoms with Crippen molar-refractivity contribution in [1.29, 1.82) is 0 Å². The van der Waals surface area contributed by atoms with Gasteiger partial charge < -0.3 is 14.5 Å². The molecule has 0 spiro atoms. The number of halogens is 2. The first kappa shape index (κ1) is 19.6. The maximum atomic E-state index is 13.1. The van der Waals surface area contributed by atoms with Gasteiger partial charge in [-0.2, -0.15) is 13.3 Å². The Morgan fingerprint density at radius 2 is 1.82 bits per heavy atom. The lowest BCUT2D eigenvalue weighted by Gasteiger charge is -2.14. The summed E-state index contributed by atoms with van der Waals surface area (Å²) in [7, 11) is 0. The fourth-order valence-electron chi connectivity index (χ4n) is 2.62. The average Bonchev–Trinajstić information content (AvgIpc) is 3.21. The topological polar surface area (TPSA) is 55.4 Å². The second-order valence-corrected chi connectivity index (χ2v) is 6.23. The number of thiocarbonyl (C=S) groups is 1. The van der Waals surface area contributed by atoms with Crippen LogP contribution in [0.2, 0.25) is 0 Å². The molecule has 0 bridgehead atoms. The molecule has 0 saturated carbocycles. The van der Waals surface area contributed by atoms with Gasteiger partial charge in [0.25, 0.3) is 6.04 Å². The molecule has 1 N–H and O–H groups in total. The van der Waals surface area contributed by atoms with Crippen LogP contribution in [-0.4, -0.2) is 17.4 Å². The summed E-state index contributed by atoms with van der Waals surface area (Å²) in [6.07, 6.45) is 5.02. The first-order valence-electron chi connectivity index (χ1n) is 8.39. The zero-order chi connectivity index (χ0) is 19.9. The molecule has 0 unspecified atom stereocenters. The number of carbonyl (C=O) groups is 1. The number of carbonyl (C=O) groups excluding carboxylic acids is 1. The van der Waals surface area contributed by atoms with Crippen molar-refractivity contribution >= 4 is 23.0 Å². The van der Waals surface area contributed by atoms with Crippen LogP contribution in [0.15, 0.2) is 77.7 Å². The third kappa shape index (κ3) is 4.98. The van der Waals surface area contributed by atoms with Crippen molar-refractivity contribution in [3.8, 4) is 5.75 Å². The summed E-state index contributed by atoms with van der Waals surface area (Å²) >= 11 is 5.47. The first-order chi connectivity index (χ1) is 13.5. The van der Waals surface area contributed by atoms with Gasteiger partial charge >= 0.3 is 6.61 Å². The lowest BCUT2D eigenvalue weighted by Crippen LogP contribution is -2.51. The van der Waals surface area contributed by atoms with Crippen LogP contribution in [0.4, 0.5) is 8.78 Å². The normalized spacial score (nSPS) is 11.8. The van der Waals surface area contributed by atoms with Gasteiger partial charge in [-0.25, -0.2) is 0 Å². The molecular formula is C20H17F2N2O3S+. The number of ketones is 1. The fraction of sp³-hybridized carbons (Fsp3) is 0.150. The molecule has 0 fully saturated rings. The van der Waals surface area contributed by atoms with E-state index in [-0.39, 0.29) is 11.5 Å². The van der Waals surface area contributed by atoms with Crippen LogP contribution >= 0.6 is 12.2 Å². The van der Waals surface area contributed by atoms with Gasteiger partial charge in [0.1, 0.15) is 11.5 Å². The predicted octanol–water partition coefficient (Wildman–Crippen LogP) is 3.71. The van der Waals surface area contributed by atoms with Crippen LogP contribution in [0.5, 0.6) is 5.75 Å². The molecule has 28 heavy (non-hydrogen) atoms. The van der Waals surface area contributed by atoms with E-state index in [2.05, 4.69) is 10.1 Å². The number of aromatic nitrogens is 1. The Hall–Kier alpha value is -3.13. The number of hydrogen-bond donors (Lipinski definition) is 1. The van der Waals surface area contributed by atoms with E-state index in [1.54, 1.807) is 47.5 Å². The molecular weight excluding hydrogens is 386 g/mol. The Morgan fingerprint density at radius 1 is 1.11 bits per heavy atom.